The van der Waals surface area contributed by atoms with E-state index in [1.807, 2.05) is 84.9 Å². The zero-order valence-electron chi connectivity index (χ0n) is 19.3. The average molecular weight is 465 g/mol. The van der Waals surface area contributed by atoms with Gasteiger partial charge < -0.3 is 18.6 Å². The van der Waals surface area contributed by atoms with Crippen molar-refractivity contribution in [1.29, 1.82) is 0 Å². The van der Waals surface area contributed by atoms with Crippen molar-refractivity contribution in [3.05, 3.63) is 124 Å². The lowest BCUT2D eigenvalue weighted by atomic mass is 10.1. The number of ether oxygens (including phenoxy) is 3. The molecule has 5 rings (SSSR count). The summed E-state index contributed by atoms with van der Waals surface area (Å²) in [5.41, 5.74) is 3.00. The Hall–Kier alpha value is -4.51. The number of fused-ring (bicyclic) bond motifs is 1. The lowest BCUT2D eigenvalue weighted by molar-refractivity contribution is 0.256. The van der Waals surface area contributed by atoms with E-state index in [9.17, 15) is 4.79 Å². The molecule has 0 N–H and O–H groups in total. The average Bonchev–Trinajstić information content (AvgIpc) is 2.92. The van der Waals surface area contributed by atoms with Gasteiger partial charge >= 0.3 is 0 Å². The summed E-state index contributed by atoms with van der Waals surface area (Å²) < 4.78 is 23.9. The molecule has 0 aliphatic rings. The van der Waals surface area contributed by atoms with E-state index in [0.717, 1.165) is 11.1 Å². The highest BCUT2D eigenvalue weighted by atomic mass is 16.5. The van der Waals surface area contributed by atoms with E-state index in [2.05, 4.69) is 0 Å². The molecule has 0 amide bonds. The Bertz CT molecular complexity index is 1490. The van der Waals surface area contributed by atoms with Crippen molar-refractivity contribution in [2.75, 3.05) is 7.11 Å². The van der Waals surface area contributed by atoms with Gasteiger partial charge in [0.05, 0.1) is 12.5 Å². The Morgan fingerprint density at radius 1 is 0.686 bits per heavy atom. The Morgan fingerprint density at radius 3 is 1.94 bits per heavy atom. The van der Waals surface area contributed by atoms with Crippen molar-refractivity contribution in [3.63, 3.8) is 0 Å². The van der Waals surface area contributed by atoms with Gasteiger partial charge in [0, 0.05) is 5.56 Å². The van der Waals surface area contributed by atoms with Gasteiger partial charge in [0.15, 0.2) is 17.3 Å². The molecule has 0 unspecified atom stereocenters. The first-order valence-electron chi connectivity index (χ1n) is 11.3. The van der Waals surface area contributed by atoms with Crippen molar-refractivity contribution in [2.24, 2.45) is 0 Å². The third-order valence-electron chi connectivity index (χ3n) is 5.64. The van der Waals surface area contributed by atoms with E-state index in [-0.39, 0.29) is 11.2 Å². The van der Waals surface area contributed by atoms with E-state index < -0.39 is 0 Å². The van der Waals surface area contributed by atoms with Crippen molar-refractivity contribution in [2.45, 2.75) is 13.2 Å². The topological polar surface area (TPSA) is 57.9 Å². The summed E-state index contributed by atoms with van der Waals surface area (Å²) in [6.07, 6.45) is 0. The first kappa shape index (κ1) is 22.3. The molecule has 0 spiro atoms. The van der Waals surface area contributed by atoms with Crippen LogP contribution in [0, 0.1) is 0 Å². The van der Waals surface area contributed by atoms with Gasteiger partial charge in [-0.25, -0.2) is 0 Å². The summed E-state index contributed by atoms with van der Waals surface area (Å²) >= 11 is 0. The summed E-state index contributed by atoms with van der Waals surface area (Å²) in [5.74, 6) is 1.63. The highest BCUT2D eigenvalue weighted by Crippen LogP contribution is 2.37. The molecular weight excluding hydrogens is 440 g/mol. The lowest BCUT2D eigenvalue weighted by Crippen LogP contribution is -2.07. The standard InChI is InChI=1S/C30H24O5/c1-32-30-28(31)24-14-8-9-15-25(24)35-29(30)23-16-17-26(33-19-21-10-4-2-5-11-21)27(18-23)34-20-22-12-6-3-7-13-22/h2-18H,19-20H2,1H3. The maximum atomic E-state index is 13.0. The summed E-state index contributed by atoms with van der Waals surface area (Å²) in [6.45, 7) is 0.765. The van der Waals surface area contributed by atoms with Crippen LogP contribution in [0.2, 0.25) is 0 Å². The normalized spacial score (nSPS) is 10.8. The van der Waals surface area contributed by atoms with Crippen LogP contribution in [0.15, 0.2) is 112 Å². The van der Waals surface area contributed by atoms with Crippen molar-refractivity contribution in [1.82, 2.24) is 0 Å². The van der Waals surface area contributed by atoms with Gasteiger partial charge in [0.25, 0.3) is 0 Å². The van der Waals surface area contributed by atoms with Gasteiger partial charge in [-0.05, 0) is 41.5 Å². The Kier molecular flexibility index (Phi) is 6.48. The molecule has 0 atom stereocenters. The summed E-state index contributed by atoms with van der Waals surface area (Å²) in [4.78, 5) is 13.0. The summed E-state index contributed by atoms with van der Waals surface area (Å²) in [5, 5.41) is 0.469. The summed E-state index contributed by atoms with van der Waals surface area (Å²) in [6, 6.07) is 32.4. The second-order valence-electron chi connectivity index (χ2n) is 8.00. The van der Waals surface area contributed by atoms with Crippen molar-refractivity contribution in [3.8, 4) is 28.6 Å². The van der Waals surface area contributed by atoms with E-state index in [4.69, 9.17) is 18.6 Å². The minimum atomic E-state index is -0.222. The highest BCUT2D eigenvalue weighted by Gasteiger charge is 2.19. The van der Waals surface area contributed by atoms with Crippen LogP contribution in [0.3, 0.4) is 0 Å². The molecule has 4 aromatic carbocycles. The zero-order valence-corrected chi connectivity index (χ0v) is 19.3. The maximum absolute atomic E-state index is 13.0. The third kappa shape index (κ3) is 4.89. The highest BCUT2D eigenvalue weighted by molar-refractivity contribution is 5.82. The van der Waals surface area contributed by atoms with Gasteiger partial charge in [0.1, 0.15) is 18.8 Å². The predicted molar refractivity (Wildman–Crippen MR) is 136 cm³/mol. The number of hydrogen-bond donors (Lipinski definition) is 0. The Balaban J connectivity index is 1.54. The minimum Gasteiger partial charge on any atom is -0.490 e. The number of benzene rings is 4. The predicted octanol–water partition coefficient (Wildman–Crippen LogP) is 6.63. The van der Waals surface area contributed by atoms with E-state index in [1.54, 1.807) is 18.2 Å². The fraction of sp³-hybridized carbons (Fsp3) is 0.100. The molecule has 0 fully saturated rings. The molecule has 0 radical (unpaired) electrons. The molecule has 1 aromatic heterocycles. The monoisotopic (exact) mass is 464 g/mol. The number of methoxy groups -OCH3 is 1. The first-order chi connectivity index (χ1) is 17.2. The molecular formula is C30H24O5. The molecule has 5 nitrogen and oxygen atoms in total. The second kappa shape index (κ2) is 10.2. The Labute approximate surface area is 203 Å². The SMILES string of the molecule is COc1c(-c2ccc(OCc3ccccc3)c(OCc3ccccc3)c2)oc2ccccc2c1=O. The van der Waals surface area contributed by atoms with Crippen LogP contribution in [0.25, 0.3) is 22.3 Å². The molecule has 0 aliphatic heterocycles. The van der Waals surface area contributed by atoms with E-state index >= 15 is 0 Å². The van der Waals surface area contributed by atoms with E-state index in [0.29, 0.717) is 47.0 Å². The molecule has 0 aliphatic carbocycles. The largest absolute Gasteiger partial charge is 0.490 e. The van der Waals surface area contributed by atoms with Crippen LogP contribution < -0.4 is 19.6 Å². The fourth-order valence-electron chi connectivity index (χ4n) is 3.85. The van der Waals surface area contributed by atoms with Gasteiger partial charge in [-0.15, -0.1) is 0 Å². The maximum Gasteiger partial charge on any atom is 0.235 e. The third-order valence-corrected chi connectivity index (χ3v) is 5.64. The smallest absolute Gasteiger partial charge is 0.235 e. The van der Waals surface area contributed by atoms with Crippen molar-refractivity contribution < 1.29 is 18.6 Å². The molecule has 1 heterocycles. The van der Waals surface area contributed by atoms with Crippen LogP contribution in [-0.4, -0.2) is 7.11 Å². The molecule has 174 valence electrons. The van der Waals surface area contributed by atoms with Crippen LogP contribution in [0.4, 0.5) is 0 Å². The van der Waals surface area contributed by atoms with Crippen LogP contribution in [-0.2, 0) is 13.2 Å². The van der Waals surface area contributed by atoms with Gasteiger partial charge in [-0.1, -0.05) is 72.8 Å². The summed E-state index contributed by atoms with van der Waals surface area (Å²) in [7, 11) is 1.47. The quantitative estimate of drug-likeness (QED) is 0.258. The number of rotatable bonds is 8. The fourth-order valence-corrected chi connectivity index (χ4v) is 3.85. The molecule has 5 heteroatoms. The lowest BCUT2D eigenvalue weighted by Gasteiger charge is -2.15. The molecule has 0 saturated carbocycles. The number of hydrogen-bond acceptors (Lipinski definition) is 5. The minimum absolute atomic E-state index is 0.149. The first-order valence-corrected chi connectivity index (χ1v) is 11.3. The van der Waals surface area contributed by atoms with E-state index in [1.165, 1.54) is 7.11 Å². The molecule has 0 bridgehead atoms. The molecule has 0 saturated heterocycles. The van der Waals surface area contributed by atoms with Gasteiger partial charge in [0.2, 0.25) is 11.2 Å². The zero-order chi connectivity index (χ0) is 24.0. The molecule has 35 heavy (non-hydrogen) atoms. The number of para-hydroxylation sites is 1. The van der Waals surface area contributed by atoms with Crippen molar-refractivity contribution >= 4 is 11.0 Å². The van der Waals surface area contributed by atoms with Gasteiger partial charge in [-0.2, -0.15) is 0 Å². The second-order valence-corrected chi connectivity index (χ2v) is 8.00. The van der Waals surface area contributed by atoms with Crippen LogP contribution in [0.1, 0.15) is 11.1 Å². The Morgan fingerprint density at radius 2 is 1.29 bits per heavy atom. The van der Waals surface area contributed by atoms with Crippen LogP contribution >= 0.6 is 0 Å². The van der Waals surface area contributed by atoms with Gasteiger partial charge in [-0.3, -0.25) is 4.79 Å². The van der Waals surface area contributed by atoms with Crippen LogP contribution in [0.5, 0.6) is 17.2 Å². The molecule has 5 aromatic rings.